The number of anilines is 1. The van der Waals surface area contributed by atoms with E-state index < -0.39 is 132 Å². The molecule has 0 bridgehead atoms. The predicted molar refractivity (Wildman–Crippen MR) is 427 cm³/mol. The second-order valence-electron chi connectivity index (χ2n) is 29.5. The number of carboxylic acids is 1. The molecular formula is C81H129N11O24. The highest BCUT2D eigenvalue weighted by molar-refractivity contribution is 6.12. The van der Waals surface area contributed by atoms with Crippen LogP contribution >= 0.6 is 0 Å². The zero-order valence-electron chi connectivity index (χ0n) is 69.9. The molecule has 2 aromatic carbocycles. The second kappa shape index (κ2) is 55.0. The Morgan fingerprint density at radius 3 is 1.60 bits per heavy atom. The maximum atomic E-state index is 14.9. The molecule has 11 atom stereocenters. The molecule has 2 aliphatic heterocycles. The summed E-state index contributed by atoms with van der Waals surface area (Å²) >= 11 is 0. The molecule has 1 unspecified atom stereocenters. The summed E-state index contributed by atoms with van der Waals surface area (Å²) in [6.07, 6.45) is 1.93. The van der Waals surface area contributed by atoms with Crippen LogP contribution in [0.4, 0.5) is 15.3 Å². The number of primary amides is 1. The number of rotatable bonds is 60. The first-order valence-corrected chi connectivity index (χ1v) is 40.0. The van der Waals surface area contributed by atoms with E-state index in [1.165, 1.54) is 38.3 Å². The van der Waals surface area contributed by atoms with Gasteiger partial charge in [-0.05, 0) is 72.6 Å². The van der Waals surface area contributed by atoms with Gasteiger partial charge in [-0.15, -0.1) is 0 Å². The number of amides is 12. The predicted octanol–water partition coefficient (Wildman–Crippen LogP) is 3.61. The van der Waals surface area contributed by atoms with E-state index in [4.69, 9.17) is 57.8 Å². The molecule has 0 aliphatic carbocycles. The quantitative estimate of drug-likeness (QED) is 0.0346. The Hall–Kier alpha value is -8.78. The fraction of sp³-hybridized carbons (Fsp3) is 0.679. The molecular weight excluding hydrogens is 1510 g/mol. The average molecular weight is 1640 g/mol. The molecule has 1 fully saturated rings. The molecule has 652 valence electrons. The Morgan fingerprint density at radius 1 is 0.586 bits per heavy atom. The molecule has 9 N–H and O–H groups in total. The molecule has 0 aromatic heterocycles. The van der Waals surface area contributed by atoms with Gasteiger partial charge in [0.05, 0.1) is 149 Å². The lowest BCUT2D eigenvalue weighted by molar-refractivity contribution is -0.148. The van der Waals surface area contributed by atoms with Gasteiger partial charge in [0.1, 0.15) is 36.8 Å². The zero-order chi connectivity index (χ0) is 85.7. The van der Waals surface area contributed by atoms with Crippen LogP contribution in [0.1, 0.15) is 118 Å². The van der Waals surface area contributed by atoms with Crippen molar-refractivity contribution < 1.29 is 115 Å². The summed E-state index contributed by atoms with van der Waals surface area (Å²) in [5.41, 5.74) is 6.85. The first-order chi connectivity index (χ1) is 55.4. The van der Waals surface area contributed by atoms with E-state index in [9.17, 15) is 62.6 Å². The van der Waals surface area contributed by atoms with Crippen LogP contribution in [0.5, 0.6) is 0 Å². The Labute approximate surface area is 682 Å². The molecule has 116 heavy (non-hydrogen) atoms. The van der Waals surface area contributed by atoms with Gasteiger partial charge in [-0.3, -0.25) is 53.0 Å². The Bertz CT molecular complexity index is 3360. The highest BCUT2D eigenvalue weighted by atomic mass is 16.6. The van der Waals surface area contributed by atoms with Crippen molar-refractivity contribution in [3.63, 3.8) is 0 Å². The first-order valence-electron chi connectivity index (χ1n) is 40.0. The van der Waals surface area contributed by atoms with Crippen LogP contribution < -0.4 is 37.6 Å². The van der Waals surface area contributed by atoms with Crippen molar-refractivity contribution in [1.29, 1.82) is 0 Å². The van der Waals surface area contributed by atoms with Gasteiger partial charge in [0.15, 0.2) is 0 Å². The van der Waals surface area contributed by atoms with Gasteiger partial charge in [0.2, 0.25) is 41.4 Å². The molecule has 35 nitrogen and oxygen atoms in total. The summed E-state index contributed by atoms with van der Waals surface area (Å²) in [5, 5.41) is 26.4. The van der Waals surface area contributed by atoms with E-state index in [0.29, 0.717) is 116 Å². The number of nitrogens with one attached hydrogen (secondary N) is 6. The summed E-state index contributed by atoms with van der Waals surface area (Å²) < 4.78 is 61.7. The molecule has 2 aliphatic rings. The third-order valence-corrected chi connectivity index (χ3v) is 19.9. The third-order valence-electron chi connectivity index (χ3n) is 19.9. The topological polar surface area (TPSA) is 438 Å². The molecule has 12 amide bonds. The number of nitrogens with two attached hydrogens (primary N) is 1. The molecule has 2 heterocycles. The minimum absolute atomic E-state index is 0.0444. The van der Waals surface area contributed by atoms with Gasteiger partial charge in [-0.1, -0.05) is 111 Å². The fourth-order valence-corrected chi connectivity index (χ4v) is 13.3. The Morgan fingerprint density at radius 2 is 1.11 bits per heavy atom. The van der Waals surface area contributed by atoms with Gasteiger partial charge in [0.25, 0.3) is 11.8 Å². The van der Waals surface area contributed by atoms with Crippen molar-refractivity contribution in [2.24, 2.45) is 35.3 Å². The number of carboxylic acid groups (broad SMARTS) is 1. The number of methoxy groups -OCH3 is 2. The zero-order valence-corrected chi connectivity index (χ0v) is 69.9. The van der Waals surface area contributed by atoms with Gasteiger partial charge >= 0.3 is 18.1 Å². The monoisotopic (exact) mass is 1640 g/mol. The number of nitrogens with zero attached hydrogens (tertiary/aromatic N) is 4. The maximum Gasteiger partial charge on any atom is 0.410 e. The number of likely N-dealkylation sites (tertiary alicyclic amines) is 1. The molecule has 2 aromatic rings. The van der Waals surface area contributed by atoms with Crippen LogP contribution in [-0.4, -0.2) is 304 Å². The number of hydrogen-bond donors (Lipinski definition) is 8. The second-order valence-corrected chi connectivity index (χ2v) is 29.5. The van der Waals surface area contributed by atoms with Crippen molar-refractivity contribution in [3.05, 3.63) is 77.9 Å². The first kappa shape index (κ1) is 99.6. The summed E-state index contributed by atoms with van der Waals surface area (Å²) in [6, 6.07) is 7.79. The van der Waals surface area contributed by atoms with Crippen LogP contribution in [-0.2, 0) is 113 Å². The number of carbonyl (C=O) groups excluding carboxylic acids is 11. The normalized spacial score (nSPS) is 16.1. The molecule has 0 saturated carbocycles. The number of likely N-dealkylation sites (N-methyl/N-ethyl adjacent to an activating group) is 2. The third kappa shape index (κ3) is 35.6. The van der Waals surface area contributed by atoms with E-state index in [0.717, 1.165) is 15.4 Å². The van der Waals surface area contributed by atoms with E-state index >= 15 is 0 Å². The van der Waals surface area contributed by atoms with E-state index in [1.54, 1.807) is 109 Å². The Kier molecular flexibility index (Phi) is 47.2. The molecule has 0 spiro atoms. The lowest BCUT2D eigenvalue weighted by atomic mass is 9.89. The average Bonchev–Trinajstić information content (AvgIpc) is 1.44. The lowest BCUT2D eigenvalue weighted by Crippen LogP contribution is -2.60. The van der Waals surface area contributed by atoms with Crippen molar-refractivity contribution in [2.75, 3.05) is 159 Å². The standard InChI is InChI=1S/C81H129N11O24/c1-14-56(8)72(64(106-12)51-68(96)91-32-19-23-63(91)73(107-13)57(9)74(97)86-62(79(102)103)50-58-20-16-15-17-21-58)89(10)78(101)70(54(4)5)88-77(100)71(55(6)7)90(11)81(105)116-52-59-24-26-60(27-25-59)84-75(98)61(22-18-31-83-80(82)104)85-76(99)69(53(2)3)87-65(93)30-34-108-36-38-110-40-42-112-44-46-114-48-49-115-47-45-113-43-41-111-39-37-109-35-33-92-66(94)28-29-67(92)95/h15-17,20-21,24-29,53-57,61-64,69-73H,14,18-19,22-23,30-52H2,1-13H3,(H,84,98)(H,85,99)(H,86,97)(H,87,93)(H,88,100)(H,102,103)(H3,82,83,104)/t56-,57+,61?,62-,63-,64+,69-,70-,71-,72-,73+/m0/s1. The SMILES string of the molecule is CC[C@H](C)[C@@H]([C@@H](CC(=O)N1CCC[C@H]1[C@H](OC)[C@@H](C)C(=O)N[C@@H](Cc1ccccc1)C(=O)O)OC)N(C)C(=O)[C@@H](NC(=O)[C@H](C(C)C)N(C)C(=O)OCc1ccc(NC(=O)C(CCCNC(N)=O)NC(=O)[C@@H](NC(=O)CCOCCOCCOCCOCCOCCOCCOCCOCCN2C(=O)C=CC2=O)C(C)C)cc1)C(C)C. The van der Waals surface area contributed by atoms with Crippen LogP contribution in [0, 0.1) is 29.6 Å². The van der Waals surface area contributed by atoms with Crippen LogP contribution in [0.3, 0.4) is 0 Å². The summed E-state index contributed by atoms with van der Waals surface area (Å²) in [4.78, 5) is 165. The van der Waals surface area contributed by atoms with Gasteiger partial charge in [-0.2, -0.15) is 0 Å². The fourth-order valence-electron chi connectivity index (χ4n) is 13.3. The highest BCUT2D eigenvalue weighted by Crippen LogP contribution is 2.30. The van der Waals surface area contributed by atoms with Crippen LogP contribution in [0.15, 0.2) is 66.7 Å². The van der Waals surface area contributed by atoms with Gasteiger partial charge in [-0.25, -0.2) is 14.4 Å². The highest BCUT2D eigenvalue weighted by Gasteiger charge is 2.44. The number of urea groups is 1. The number of hydrogen-bond acceptors (Lipinski definition) is 23. The summed E-state index contributed by atoms with van der Waals surface area (Å²) in [7, 11) is 5.96. The van der Waals surface area contributed by atoms with Crippen molar-refractivity contribution in [1.82, 2.24) is 46.2 Å². The molecule has 1 saturated heterocycles. The smallest absolute Gasteiger partial charge is 0.410 e. The van der Waals surface area contributed by atoms with Crippen molar-refractivity contribution >= 4 is 76.9 Å². The van der Waals surface area contributed by atoms with E-state index in [2.05, 4.69) is 31.9 Å². The van der Waals surface area contributed by atoms with Crippen molar-refractivity contribution in [2.45, 2.75) is 175 Å². The van der Waals surface area contributed by atoms with Crippen LogP contribution in [0.25, 0.3) is 0 Å². The number of ether oxygens (including phenoxy) is 11. The molecule has 4 rings (SSSR count). The number of benzene rings is 2. The maximum absolute atomic E-state index is 14.9. The Balaban J connectivity index is 1.20. The minimum Gasteiger partial charge on any atom is -0.480 e. The summed E-state index contributed by atoms with van der Waals surface area (Å²) in [5.74, 6) is -7.80. The van der Waals surface area contributed by atoms with E-state index in [-0.39, 0.29) is 102 Å². The van der Waals surface area contributed by atoms with Gasteiger partial charge in [0, 0.05) is 72.1 Å². The molecule has 35 heteroatoms. The van der Waals surface area contributed by atoms with Gasteiger partial charge < -0.3 is 105 Å². The number of carbonyl (C=O) groups is 12. The number of imide groups is 1. The number of aliphatic carboxylic acids is 1. The summed E-state index contributed by atoms with van der Waals surface area (Å²) in [6.45, 7) is 21.7. The molecule has 0 radical (unpaired) electrons. The van der Waals surface area contributed by atoms with Crippen LogP contribution in [0.2, 0.25) is 0 Å². The minimum atomic E-state index is -1.20. The van der Waals surface area contributed by atoms with Crippen molar-refractivity contribution in [3.8, 4) is 0 Å². The lowest BCUT2D eigenvalue weighted by Gasteiger charge is -2.41. The largest absolute Gasteiger partial charge is 0.480 e. The van der Waals surface area contributed by atoms with E-state index in [1.807, 2.05) is 19.9 Å².